The summed E-state index contributed by atoms with van der Waals surface area (Å²) in [6, 6.07) is -5.54. The summed E-state index contributed by atoms with van der Waals surface area (Å²) in [7, 11) is 0. The van der Waals surface area contributed by atoms with Crippen LogP contribution in [0.1, 0.15) is 40.0 Å². The highest BCUT2D eigenvalue weighted by Gasteiger charge is 2.53. The maximum Gasteiger partial charge on any atom is 1.20 e. The molecule has 12 N–H and O–H groups in total. The third kappa shape index (κ3) is 12.0. The molecule has 0 aliphatic rings. The first-order chi connectivity index (χ1) is 18.3. The largest absolute Gasteiger partial charge is 1.20 e. The number of ketones is 3. The second kappa shape index (κ2) is 16.4. The Hall–Kier alpha value is -3.76. The molecule has 0 aliphatic heterocycles. The van der Waals surface area contributed by atoms with Crippen LogP contribution in [0.15, 0.2) is 0 Å². The number of rotatable bonds is 18. The lowest BCUT2D eigenvalue weighted by molar-refractivity contribution is -0.153. The zero-order valence-corrected chi connectivity index (χ0v) is 23.2. The summed E-state index contributed by atoms with van der Waals surface area (Å²) in [4.78, 5) is 107. The van der Waals surface area contributed by atoms with Gasteiger partial charge < -0.3 is 45.8 Å². The van der Waals surface area contributed by atoms with E-state index in [9.17, 15) is 43.2 Å². The second-order valence-electron chi connectivity index (χ2n) is 8.84. The van der Waals surface area contributed by atoms with E-state index in [1.54, 1.807) is 0 Å². The van der Waals surface area contributed by atoms with Crippen LogP contribution in [0.3, 0.4) is 0 Å². The monoisotopic (exact) mass is 588 g/mol. The summed E-state index contributed by atoms with van der Waals surface area (Å²) in [6.07, 6.45) is -1.98. The summed E-state index contributed by atoms with van der Waals surface area (Å²) in [6.45, 7) is 3.03. The normalized spacial score (nSPS) is 15.2. The highest BCUT2D eigenvalue weighted by atomic mass is 27.3. The van der Waals surface area contributed by atoms with Crippen molar-refractivity contribution >= 4 is 68.1 Å². The summed E-state index contributed by atoms with van der Waals surface area (Å²) < 4.78 is 14.8. The minimum absolute atomic E-state index is 0.659. The zero-order chi connectivity index (χ0) is 31.5. The van der Waals surface area contributed by atoms with Gasteiger partial charge in [0.25, 0.3) is 17.9 Å². The second-order valence-corrected chi connectivity index (χ2v) is 10.1. The Balaban J connectivity index is 6.14. The highest BCUT2D eigenvalue weighted by Crippen LogP contribution is 2.16. The summed E-state index contributed by atoms with van der Waals surface area (Å²) >= 11 is -4.37. The molecule has 0 aromatic heterocycles. The number of carbonyl (C=O) groups is 9. The molecule has 0 rings (SSSR count). The summed E-state index contributed by atoms with van der Waals surface area (Å²) in [5, 5.41) is 0. The molecule has 0 heterocycles. The van der Waals surface area contributed by atoms with E-state index < -0.39 is 123 Å². The van der Waals surface area contributed by atoms with Crippen molar-refractivity contribution in [3.63, 3.8) is 0 Å². The van der Waals surface area contributed by atoms with Gasteiger partial charge in [-0.25, -0.2) is 0 Å². The van der Waals surface area contributed by atoms with Gasteiger partial charge in [0, 0.05) is 19.3 Å². The molecule has 0 saturated heterocycles. The lowest BCUT2D eigenvalue weighted by Gasteiger charge is -2.24. The molecule has 0 saturated carbocycles. The van der Waals surface area contributed by atoms with Crippen molar-refractivity contribution < 1.29 is 54.5 Å². The van der Waals surface area contributed by atoms with Gasteiger partial charge in [-0.15, -0.1) is 0 Å². The van der Waals surface area contributed by atoms with Gasteiger partial charge in [-0.2, -0.15) is 0 Å². The van der Waals surface area contributed by atoms with Gasteiger partial charge in [0.2, 0.25) is 17.7 Å². The zero-order valence-electron chi connectivity index (χ0n) is 22.0. The lowest BCUT2D eigenvalue weighted by atomic mass is 9.93. The average molecular weight is 589 g/mol. The number of hydrogen-bond donors (Lipinski definition) is 6. The van der Waals surface area contributed by atoms with Crippen molar-refractivity contribution in [2.45, 2.75) is 58.2 Å². The van der Waals surface area contributed by atoms with Gasteiger partial charge in [-0.05, 0) is 20.8 Å². The Morgan fingerprint density at radius 2 is 0.700 bits per heavy atom. The number of primary amides is 3. The van der Waals surface area contributed by atoms with E-state index in [4.69, 9.17) is 45.8 Å². The number of hydrogen-bond acceptors (Lipinski definition) is 15. The van der Waals surface area contributed by atoms with Crippen LogP contribution in [0.5, 0.6) is 0 Å². The molecule has 40 heavy (non-hydrogen) atoms. The third-order valence-electron chi connectivity index (χ3n) is 5.58. The topological polar surface area (TPSA) is 337 Å². The molecule has 0 radical (unpaired) electrons. The van der Waals surface area contributed by atoms with Gasteiger partial charge in [0.1, 0.15) is 35.5 Å². The average Bonchev–Trinajstić information content (AvgIpc) is 2.81. The van der Waals surface area contributed by atoms with Crippen molar-refractivity contribution in [1.82, 2.24) is 0 Å². The van der Waals surface area contributed by atoms with Crippen molar-refractivity contribution in [2.75, 3.05) is 0 Å². The summed E-state index contributed by atoms with van der Waals surface area (Å²) in [5.41, 5.74) is 32.4. The van der Waals surface area contributed by atoms with Crippen LogP contribution in [0, 0.1) is 17.8 Å². The Morgan fingerprint density at radius 1 is 0.500 bits per heavy atom. The molecule has 19 heteroatoms. The third-order valence-corrected chi connectivity index (χ3v) is 6.86. The molecule has 222 valence electrons. The van der Waals surface area contributed by atoms with Crippen LogP contribution < -0.4 is 34.4 Å². The summed E-state index contributed by atoms with van der Waals surface area (Å²) in [5.74, 6) is -14.0. The number of nitrogens with two attached hydrogens (primary N) is 6. The quantitative estimate of drug-likeness (QED) is 0.0815. The maximum absolute atomic E-state index is 12.7. The minimum Gasteiger partial charge on any atom is -0.550 e. The Morgan fingerprint density at radius 3 is 0.850 bits per heavy atom. The van der Waals surface area contributed by atoms with Crippen LogP contribution in [-0.4, -0.2) is 86.3 Å². The van der Waals surface area contributed by atoms with Gasteiger partial charge in [-0.1, -0.05) is 0 Å². The fourth-order valence-electron chi connectivity index (χ4n) is 3.31. The van der Waals surface area contributed by atoms with Gasteiger partial charge in [0.15, 0.2) is 0 Å². The van der Waals surface area contributed by atoms with Crippen molar-refractivity contribution in [3.05, 3.63) is 0 Å². The smallest absolute Gasteiger partial charge is 0.550 e. The van der Waals surface area contributed by atoms with Crippen molar-refractivity contribution in [1.29, 1.82) is 0 Å². The predicted molar refractivity (Wildman–Crippen MR) is 132 cm³/mol. The molecular formula is C21H33AlN6O12. The highest BCUT2D eigenvalue weighted by molar-refractivity contribution is 6.44. The number of carbonyl (C=O) groups excluding carboxylic acids is 9. The first-order valence-corrected chi connectivity index (χ1v) is 13.0. The van der Waals surface area contributed by atoms with E-state index in [0.717, 1.165) is 20.8 Å². The molecule has 6 atom stereocenters. The molecular weight excluding hydrogens is 555 g/mol. The number of amides is 3. The van der Waals surface area contributed by atoms with Crippen LogP contribution in [0.2, 0.25) is 0 Å². The van der Waals surface area contributed by atoms with Gasteiger partial charge in [0.05, 0.1) is 17.8 Å². The molecule has 0 aromatic carbocycles. The van der Waals surface area contributed by atoms with E-state index in [2.05, 4.69) is 0 Å². The molecule has 0 aliphatic carbocycles. The first-order valence-electron chi connectivity index (χ1n) is 11.5. The van der Waals surface area contributed by atoms with Crippen LogP contribution in [0.4, 0.5) is 0 Å². The van der Waals surface area contributed by atoms with Gasteiger partial charge in [-0.3, -0.25) is 43.2 Å². The Labute approximate surface area is 233 Å². The van der Waals surface area contributed by atoms with E-state index in [-0.39, 0.29) is 0 Å². The molecule has 3 unspecified atom stereocenters. The Kier molecular flexibility index (Phi) is 14.8. The molecule has 3 amide bonds. The molecule has 0 aromatic rings. The van der Waals surface area contributed by atoms with E-state index >= 15 is 0 Å². The fourth-order valence-corrected chi connectivity index (χ4v) is 4.49. The van der Waals surface area contributed by atoms with Crippen molar-refractivity contribution in [3.8, 4) is 0 Å². The maximum atomic E-state index is 12.7. The fraction of sp³-hybridized carbons (Fsp3) is 0.571. The van der Waals surface area contributed by atoms with Crippen LogP contribution in [0.25, 0.3) is 0 Å². The molecule has 0 fully saturated rings. The van der Waals surface area contributed by atoms with Crippen LogP contribution >= 0.6 is 0 Å². The number of Topliss-reactive ketones (excluding diaryl/α,β-unsaturated/α-hetero) is 3. The molecule has 0 bridgehead atoms. The van der Waals surface area contributed by atoms with Crippen LogP contribution in [-0.2, 0) is 54.5 Å². The van der Waals surface area contributed by atoms with E-state index in [1.807, 2.05) is 0 Å². The lowest BCUT2D eigenvalue weighted by Crippen LogP contribution is -2.52. The Bertz CT molecular complexity index is 925. The standard InChI is InChI=1S/3C7H12N2O4.Al/c3*1-3(10)4(2-5(8)11)6(9)7(12)13;/h3*4,6H,2,9H2,1H3,(H2,8,11)(H,12,13);/q;;;+3/p-3/t3*4?,6-;/m000./s1. The first kappa shape index (κ1) is 36.2. The minimum atomic E-state index is -4.37. The molecule has 18 nitrogen and oxygen atoms in total. The SMILES string of the molecule is CC(=O)C(CC(N)=O)[C@H](N)C(=O)[O][Al]([O]C(=O)[C@@H](N)C(CC(N)=O)C(C)=O)[O]C(=O)[C@@H](N)C(CC(N)=O)C(C)=O. The van der Waals surface area contributed by atoms with Gasteiger partial charge >= 0.3 is 15.1 Å². The predicted octanol–water partition coefficient (Wildman–Crippen LogP) is -5.18. The van der Waals surface area contributed by atoms with E-state index in [1.165, 1.54) is 0 Å². The van der Waals surface area contributed by atoms with Crippen molar-refractivity contribution in [2.24, 2.45) is 52.2 Å². The van der Waals surface area contributed by atoms with E-state index in [0.29, 0.717) is 0 Å². The molecule has 0 spiro atoms.